The Morgan fingerprint density at radius 1 is 0.259 bits per heavy atom. The van der Waals surface area contributed by atoms with Crippen molar-refractivity contribution in [2.45, 2.75) is 13.8 Å². The summed E-state index contributed by atoms with van der Waals surface area (Å²) in [6, 6.07) is 79.4. The number of nitrogens with zero attached hydrogens (tertiary/aromatic N) is 2. The highest BCUT2D eigenvalue weighted by molar-refractivity contribution is 6.12. The molecule has 0 saturated heterocycles. The monoisotopic (exact) mass is 742 g/mol. The first-order chi connectivity index (χ1) is 28.8. The van der Waals surface area contributed by atoms with E-state index in [2.05, 4.69) is 228 Å². The summed E-state index contributed by atoms with van der Waals surface area (Å²) in [6.07, 6.45) is 0. The number of benzene rings is 9. The quantitative estimate of drug-likeness (QED) is 0.161. The Bertz CT molecular complexity index is 3200. The number of fused-ring (bicyclic) bond motifs is 6. The van der Waals surface area contributed by atoms with Crippen LogP contribution in [0.3, 0.4) is 0 Å². The largest absolute Gasteiger partial charge is 0.309 e. The summed E-state index contributed by atoms with van der Waals surface area (Å²) in [6.45, 7) is 4.00. The number of rotatable bonds is 6. The SMILES string of the molecule is CC.c1ccc(-c2ccc(-c3ccc(-n4c5ccccc5c5ccc(-c6ccc7c8ccccc8n(-c8ccccc8-c8ccccc8)c7c6)cc54)cc3)cc2)cc1. The maximum atomic E-state index is 2.45. The van der Waals surface area contributed by atoms with E-state index in [-0.39, 0.29) is 0 Å². The molecule has 0 aliphatic rings. The van der Waals surface area contributed by atoms with E-state index in [9.17, 15) is 0 Å². The molecule has 0 N–H and O–H groups in total. The minimum atomic E-state index is 1.14. The molecule has 0 aliphatic heterocycles. The molecule has 9 aromatic carbocycles. The van der Waals surface area contributed by atoms with Gasteiger partial charge in [-0.3, -0.25) is 0 Å². The van der Waals surface area contributed by atoms with Crippen LogP contribution in [0.25, 0.3) is 99.5 Å². The highest BCUT2D eigenvalue weighted by Gasteiger charge is 2.18. The van der Waals surface area contributed by atoms with Crippen molar-refractivity contribution in [1.82, 2.24) is 9.13 Å². The van der Waals surface area contributed by atoms with Gasteiger partial charge in [-0.25, -0.2) is 0 Å². The molecule has 2 heterocycles. The van der Waals surface area contributed by atoms with Crippen LogP contribution in [0.2, 0.25) is 0 Å². The van der Waals surface area contributed by atoms with Gasteiger partial charge in [-0.1, -0.05) is 190 Å². The van der Waals surface area contributed by atoms with Crippen molar-refractivity contribution in [3.8, 4) is 55.9 Å². The van der Waals surface area contributed by atoms with Crippen LogP contribution in [-0.2, 0) is 0 Å². The average molecular weight is 743 g/mol. The highest BCUT2D eigenvalue weighted by Crippen LogP contribution is 2.40. The minimum absolute atomic E-state index is 1.14. The van der Waals surface area contributed by atoms with Crippen molar-refractivity contribution in [1.29, 1.82) is 0 Å². The van der Waals surface area contributed by atoms with Gasteiger partial charge in [0, 0.05) is 32.8 Å². The molecule has 0 saturated carbocycles. The van der Waals surface area contributed by atoms with Gasteiger partial charge in [0.1, 0.15) is 0 Å². The molecule has 0 fully saturated rings. The second kappa shape index (κ2) is 14.9. The maximum Gasteiger partial charge on any atom is 0.0547 e. The van der Waals surface area contributed by atoms with Gasteiger partial charge < -0.3 is 9.13 Å². The van der Waals surface area contributed by atoms with E-state index in [1.54, 1.807) is 0 Å². The predicted molar refractivity (Wildman–Crippen MR) is 248 cm³/mol. The molecular weight excluding hydrogens is 701 g/mol. The van der Waals surface area contributed by atoms with Crippen molar-refractivity contribution in [2.24, 2.45) is 0 Å². The Kier molecular flexibility index (Phi) is 9.01. The standard InChI is InChI=1S/C54H36N2.C2H6/c1-3-13-37(14-4-1)38-23-25-39(26-24-38)40-27-31-44(32-28-40)55-51-21-11-8-18-46(51)48-33-29-42(35-53(48)55)43-30-34-49-47-19-9-12-22-52(47)56(54(49)36-43)50-20-10-7-17-45(50)41-15-5-2-6-16-41;1-2/h1-36H;1-2H3. The van der Waals surface area contributed by atoms with Crippen LogP contribution < -0.4 is 0 Å². The molecule has 0 bridgehead atoms. The van der Waals surface area contributed by atoms with E-state index in [0.29, 0.717) is 0 Å². The fourth-order valence-corrected chi connectivity index (χ4v) is 8.66. The average Bonchev–Trinajstić information content (AvgIpc) is 3.82. The Morgan fingerprint density at radius 3 is 1.21 bits per heavy atom. The van der Waals surface area contributed by atoms with Crippen molar-refractivity contribution in [3.05, 3.63) is 218 Å². The van der Waals surface area contributed by atoms with E-state index < -0.39 is 0 Å². The van der Waals surface area contributed by atoms with E-state index in [1.807, 2.05) is 13.8 Å². The number of hydrogen-bond donors (Lipinski definition) is 0. The van der Waals surface area contributed by atoms with Gasteiger partial charge in [0.25, 0.3) is 0 Å². The molecule has 2 heteroatoms. The smallest absolute Gasteiger partial charge is 0.0547 e. The van der Waals surface area contributed by atoms with Crippen molar-refractivity contribution < 1.29 is 0 Å². The Labute approximate surface area is 339 Å². The summed E-state index contributed by atoms with van der Waals surface area (Å²) in [4.78, 5) is 0. The highest BCUT2D eigenvalue weighted by atomic mass is 15.0. The van der Waals surface area contributed by atoms with Crippen LogP contribution in [-0.4, -0.2) is 9.13 Å². The zero-order valence-electron chi connectivity index (χ0n) is 32.7. The van der Waals surface area contributed by atoms with E-state index in [1.165, 1.54) is 93.8 Å². The molecule has 0 amide bonds. The molecule has 58 heavy (non-hydrogen) atoms. The van der Waals surface area contributed by atoms with Gasteiger partial charge in [-0.05, 0) is 81.4 Å². The lowest BCUT2D eigenvalue weighted by Crippen LogP contribution is -1.97. The summed E-state index contributed by atoms with van der Waals surface area (Å²) in [5, 5.41) is 5.00. The molecule has 2 aromatic heterocycles. The number of aromatic nitrogens is 2. The number of para-hydroxylation sites is 3. The topological polar surface area (TPSA) is 9.86 Å². The van der Waals surface area contributed by atoms with Crippen LogP contribution in [0.1, 0.15) is 13.8 Å². The van der Waals surface area contributed by atoms with E-state index >= 15 is 0 Å². The number of hydrogen-bond acceptors (Lipinski definition) is 0. The molecule has 0 spiro atoms. The van der Waals surface area contributed by atoms with E-state index in [0.717, 1.165) is 5.69 Å². The second-order valence-electron chi connectivity index (χ2n) is 14.5. The first kappa shape index (κ1) is 35.0. The van der Waals surface area contributed by atoms with E-state index in [4.69, 9.17) is 0 Å². The fraction of sp³-hybridized carbons (Fsp3) is 0.0357. The maximum absolute atomic E-state index is 2.45. The van der Waals surface area contributed by atoms with Gasteiger partial charge in [0.05, 0.1) is 27.8 Å². The summed E-state index contributed by atoms with van der Waals surface area (Å²) in [5.74, 6) is 0. The summed E-state index contributed by atoms with van der Waals surface area (Å²) in [7, 11) is 0. The molecule has 11 aromatic rings. The van der Waals surface area contributed by atoms with Crippen molar-refractivity contribution >= 4 is 43.6 Å². The van der Waals surface area contributed by atoms with Crippen LogP contribution in [0.15, 0.2) is 218 Å². The molecule has 2 nitrogen and oxygen atoms in total. The fourth-order valence-electron chi connectivity index (χ4n) is 8.66. The Morgan fingerprint density at radius 2 is 0.638 bits per heavy atom. The zero-order chi connectivity index (χ0) is 39.0. The lowest BCUT2D eigenvalue weighted by Gasteiger charge is -2.14. The summed E-state index contributed by atoms with van der Waals surface area (Å²) < 4.78 is 4.87. The molecule has 11 rings (SSSR count). The minimum Gasteiger partial charge on any atom is -0.309 e. The predicted octanol–water partition coefficient (Wildman–Crippen LogP) is 15.6. The Balaban J connectivity index is 0.00000201. The molecule has 0 unspecified atom stereocenters. The summed E-state index contributed by atoms with van der Waals surface area (Å²) >= 11 is 0. The van der Waals surface area contributed by atoms with Crippen LogP contribution in [0, 0.1) is 0 Å². The van der Waals surface area contributed by atoms with Gasteiger partial charge >= 0.3 is 0 Å². The normalized spacial score (nSPS) is 11.3. The van der Waals surface area contributed by atoms with Gasteiger partial charge in [-0.15, -0.1) is 0 Å². The first-order valence-electron chi connectivity index (χ1n) is 20.3. The molecule has 0 radical (unpaired) electrons. The van der Waals surface area contributed by atoms with Crippen LogP contribution >= 0.6 is 0 Å². The zero-order valence-corrected chi connectivity index (χ0v) is 32.7. The van der Waals surface area contributed by atoms with Crippen molar-refractivity contribution in [3.63, 3.8) is 0 Å². The molecule has 0 atom stereocenters. The van der Waals surface area contributed by atoms with Crippen LogP contribution in [0.4, 0.5) is 0 Å². The molecule has 276 valence electrons. The Hall–Kier alpha value is -7.42. The first-order valence-corrected chi connectivity index (χ1v) is 20.3. The van der Waals surface area contributed by atoms with Gasteiger partial charge in [0.15, 0.2) is 0 Å². The second-order valence-corrected chi connectivity index (χ2v) is 14.5. The third kappa shape index (κ3) is 5.98. The van der Waals surface area contributed by atoms with Crippen molar-refractivity contribution in [2.75, 3.05) is 0 Å². The summed E-state index contributed by atoms with van der Waals surface area (Å²) in [5.41, 5.74) is 16.8. The lowest BCUT2D eigenvalue weighted by atomic mass is 10.00. The molecule has 0 aliphatic carbocycles. The third-order valence-corrected chi connectivity index (χ3v) is 11.4. The van der Waals surface area contributed by atoms with Gasteiger partial charge in [0.2, 0.25) is 0 Å². The third-order valence-electron chi connectivity index (χ3n) is 11.4. The van der Waals surface area contributed by atoms with Gasteiger partial charge in [-0.2, -0.15) is 0 Å². The lowest BCUT2D eigenvalue weighted by molar-refractivity contribution is 1.18. The van der Waals surface area contributed by atoms with Crippen LogP contribution in [0.5, 0.6) is 0 Å². The molecular formula is C56H42N2.